The van der Waals surface area contributed by atoms with E-state index < -0.39 is 0 Å². The molecule has 0 spiro atoms. The van der Waals surface area contributed by atoms with Crippen LogP contribution >= 0.6 is 11.6 Å². The molecule has 5 heteroatoms. The number of hydrogen-bond donors (Lipinski definition) is 3. The van der Waals surface area contributed by atoms with Crippen molar-refractivity contribution in [2.75, 3.05) is 18.4 Å². The highest BCUT2D eigenvalue weighted by Gasteiger charge is 2.18. The molecule has 1 fully saturated rings. The van der Waals surface area contributed by atoms with Crippen LogP contribution in [0.15, 0.2) is 24.3 Å². The van der Waals surface area contributed by atoms with Crippen molar-refractivity contribution < 1.29 is 9.90 Å². The highest BCUT2D eigenvalue weighted by Crippen LogP contribution is 2.23. The van der Waals surface area contributed by atoms with E-state index in [0.717, 1.165) is 37.9 Å². The molecule has 0 bridgehead atoms. The van der Waals surface area contributed by atoms with Crippen LogP contribution in [0.5, 0.6) is 0 Å². The van der Waals surface area contributed by atoms with Crippen LogP contribution in [-0.2, 0) is 4.79 Å². The number of hydrogen-bond acceptors (Lipinski definition) is 3. The number of rotatable bonds is 5. The lowest BCUT2D eigenvalue weighted by atomic mass is 9.87. The van der Waals surface area contributed by atoms with Gasteiger partial charge in [-0.15, -0.1) is 0 Å². The minimum atomic E-state index is -0.126. The second kappa shape index (κ2) is 7.62. The van der Waals surface area contributed by atoms with Gasteiger partial charge in [0.15, 0.2) is 0 Å². The van der Waals surface area contributed by atoms with E-state index in [0.29, 0.717) is 17.5 Å². The smallest absolute Gasteiger partial charge is 0.238 e. The van der Waals surface area contributed by atoms with Gasteiger partial charge < -0.3 is 15.7 Å². The first-order valence-corrected chi connectivity index (χ1v) is 7.45. The lowest BCUT2D eigenvalue weighted by molar-refractivity contribution is -0.115. The molecule has 1 aromatic carbocycles. The first-order valence-electron chi connectivity index (χ1n) is 7.07. The number of carbonyl (C=O) groups is 1. The van der Waals surface area contributed by atoms with Gasteiger partial charge in [-0.3, -0.25) is 4.79 Å². The van der Waals surface area contributed by atoms with Crippen molar-refractivity contribution in [2.24, 2.45) is 5.92 Å². The Balaban J connectivity index is 1.64. The summed E-state index contributed by atoms with van der Waals surface area (Å²) >= 11 is 5.79. The normalized spacial score (nSPS) is 22.5. The van der Waals surface area contributed by atoms with E-state index in [4.69, 9.17) is 11.6 Å². The number of anilines is 1. The Bertz CT molecular complexity index is 428. The van der Waals surface area contributed by atoms with Gasteiger partial charge in [0, 0.05) is 10.7 Å². The van der Waals surface area contributed by atoms with Gasteiger partial charge in [0.05, 0.1) is 12.6 Å². The Morgan fingerprint density at radius 1 is 1.20 bits per heavy atom. The summed E-state index contributed by atoms with van der Waals surface area (Å²) in [5.74, 6) is 0.518. The Labute approximate surface area is 124 Å². The van der Waals surface area contributed by atoms with Crippen LogP contribution in [0.3, 0.4) is 0 Å². The molecule has 20 heavy (non-hydrogen) atoms. The van der Waals surface area contributed by atoms with Gasteiger partial charge in [-0.1, -0.05) is 11.6 Å². The molecule has 0 aliphatic heterocycles. The number of aliphatic hydroxyl groups is 1. The minimum absolute atomic E-state index is 0.0526. The molecule has 1 amide bonds. The van der Waals surface area contributed by atoms with Crippen molar-refractivity contribution in [3.05, 3.63) is 29.3 Å². The first kappa shape index (κ1) is 15.3. The number of aliphatic hydroxyl groups excluding tert-OH is 1. The largest absolute Gasteiger partial charge is 0.393 e. The first-order chi connectivity index (χ1) is 9.63. The molecule has 110 valence electrons. The number of amides is 1. The lowest BCUT2D eigenvalue weighted by Crippen LogP contribution is -2.33. The van der Waals surface area contributed by atoms with E-state index in [1.807, 2.05) is 0 Å². The minimum Gasteiger partial charge on any atom is -0.393 e. The third-order valence-electron chi connectivity index (χ3n) is 3.66. The molecule has 1 aromatic rings. The molecule has 0 saturated heterocycles. The quantitative estimate of drug-likeness (QED) is 0.782. The summed E-state index contributed by atoms with van der Waals surface area (Å²) in [6, 6.07) is 7.06. The molecule has 0 unspecified atom stereocenters. The standard InChI is InChI=1S/C15H21ClN2O2/c16-12-3-5-13(6-4-12)18-15(20)10-17-9-11-1-7-14(19)8-2-11/h3-6,11,14,17,19H,1-2,7-10H2,(H,18,20). The molecule has 0 radical (unpaired) electrons. The summed E-state index contributed by atoms with van der Waals surface area (Å²) in [5, 5.41) is 16.1. The van der Waals surface area contributed by atoms with E-state index in [-0.39, 0.29) is 12.0 Å². The molecule has 0 atom stereocenters. The highest BCUT2D eigenvalue weighted by molar-refractivity contribution is 6.30. The Hall–Kier alpha value is -1.10. The average Bonchev–Trinajstić information content (AvgIpc) is 2.44. The molecular formula is C15H21ClN2O2. The second-order valence-corrected chi connectivity index (χ2v) is 5.80. The van der Waals surface area contributed by atoms with Crippen LogP contribution in [0.2, 0.25) is 5.02 Å². The Morgan fingerprint density at radius 3 is 2.50 bits per heavy atom. The van der Waals surface area contributed by atoms with Crippen molar-refractivity contribution >= 4 is 23.2 Å². The topological polar surface area (TPSA) is 61.4 Å². The molecule has 1 aliphatic carbocycles. The summed E-state index contributed by atoms with van der Waals surface area (Å²) < 4.78 is 0. The molecule has 1 saturated carbocycles. The van der Waals surface area contributed by atoms with Crippen molar-refractivity contribution in [2.45, 2.75) is 31.8 Å². The van der Waals surface area contributed by atoms with Crippen LogP contribution in [0.4, 0.5) is 5.69 Å². The fraction of sp³-hybridized carbons (Fsp3) is 0.533. The van der Waals surface area contributed by atoms with Crippen LogP contribution in [0.1, 0.15) is 25.7 Å². The average molecular weight is 297 g/mol. The fourth-order valence-electron chi connectivity index (χ4n) is 2.48. The second-order valence-electron chi connectivity index (χ2n) is 5.36. The van der Waals surface area contributed by atoms with Gasteiger partial charge in [0.25, 0.3) is 0 Å². The molecule has 0 heterocycles. The number of nitrogens with one attached hydrogen (secondary N) is 2. The fourth-order valence-corrected chi connectivity index (χ4v) is 2.60. The van der Waals surface area contributed by atoms with Crippen molar-refractivity contribution in [3.8, 4) is 0 Å². The maximum absolute atomic E-state index is 11.7. The van der Waals surface area contributed by atoms with Crippen molar-refractivity contribution in [1.82, 2.24) is 5.32 Å². The highest BCUT2D eigenvalue weighted by atomic mass is 35.5. The maximum Gasteiger partial charge on any atom is 0.238 e. The van der Waals surface area contributed by atoms with E-state index in [2.05, 4.69) is 10.6 Å². The zero-order valence-electron chi connectivity index (χ0n) is 11.4. The predicted molar refractivity (Wildman–Crippen MR) is 80.9 cm³/mol. The van der Waals surface area contributed by atoms with Crippen LogP contribution in [-0.4, -0.2) is 30.2 Å². The van der Waals surface area contributed by atoms with Gasteiger partial charge in [-0.2, -0.15) is 0 Å². The Morgan fingerprint density at radius 2 is 1.85 bits per heavy atom. The van der Waals surface area contributed by atoms with E-state index in [1.165, 1.54) is 0 Å². The summed E-state index contributed by atoms with van der Waals surface area (Å²) in [7, 11) is 0. The van der Waals surface area contributed by atoms with Crippen LogP contribution < -0.4 is 10.6 Å². The van der Waals surface area contributed by atoms with E-state index >= 15 is 0 Å². The summed E-state index contributed by atoms with van der Waals surface area (Å²) in [5.41, 5.74) is 0.752. The molecular weight excluding hydrogens is 276 g/mol. The third kappa shape index (κ3) is 5.12. The lowest BCUT2D eigenvalue weighted by Gasteiger charge is -2.25. The molecule has 4 nitrogen and oxygen atoms in total. The van der Waals surface area contributed by atoms with Gasteiger partial charge in [-0.25, -0.2) is 0 Å². The van der Waals surface area contributed by atoms with E-state index in [9.17, 15) is 9.90 Å². The van der Waals surface area contributed by atoms with E-state index in [1.54, 1.807) is 24.3 Å². The summed E-state index contributed by atoms with van der Waals surface area (Å²) in [6.07, 6.45) is 3.70. The van der Waals surface area contributed by atoms with Gasteiger partial charge in [0.1, 0.15) is 0 Å². The Kier molecular flexibility index (Phi) is 5.83. The van der Waals surface area contributed by atoms with Crippen molar-refractivity contribution in [1.29, 1.82) is 0 Å². The number of benzene rings is 1. The van der Waals surface area contributed by atoms with Gasteiger partial charge in [-0.05, 0) is 62.4 Å². The molecule has 1 aliphatic rings. The molecule has 0 aromatic heterocycles. The van der Waals surface area contributed by atoms with Crippen LogP contribution in [0, 0.1) is 5.92 Å². The van der Waals surface area contributed by atoms with Crippen LogP contribution in [0.25, 0.3) is 0 Å². The molecule has 3 N–H and O–H groups in total. The molecule has 2 rings (SSSR count). The predicted octanol–water partition coefficient (Wildman–Crippen LogP) is 2.42. The summed E-state index contributed by atoms with van der Waals surface area (Å²) in [4.78, 5) is 11.7. The number of carbonyl (C=O) groups excluding carboxylic acids is 1. The van der Waals surface area contributed by atoms with Gasteiger partial charge in [0.2, 0.25) is 5.91 Å². The zero-order valence-corrected chi connectivity index (χ0v) is 12.2. The third-order valence-corrected chi connectivity index (χ3v) is 3.91. The van der Waals surface area contributed by atoms with Crippen molar-refractivity contribution in [3.63, 3.8) is 0 Å². The number of halogens is 1. The SMILES string of the molecule is O=C(CNCC1CCC(O)CC1)Nc1ccc(Cl)cc1. The summed E-state index contributed by atoms with van der Waals surface area (Å²) in [6.45, 7) is 1.14. The zero-order chi connectivity index (χ0) is 14.4. The maximum atomic E-state index is 11.7. The van der Waals surface area contributed by atoms with Gasteiger partial charge >= 0.3 is 0 Å². The monoisotopic (exact) mass is 296 g/mol.